The van der Waals surface area contributed by atoms with Crippen LogP contribution >= 0.6 is 11.6 Å². The first-order chi connectivity index (χ1) is 19.4. The Morgan fingerprint density at radius 3 is 2.20 bits per heavy atom. The van der Waals surface area contributed by atoms with E-state index in [1.165, 1.54) is 4.90 Å². The molecule has 0 bridgehead atoms. The van der Waals surface area contributed by atoms with Crippen LogP contribution in [0.2, 0.25) is 5.02 Å². The number of benzene rings is 3. The van der Waals surface area contributed by atoms with E-state index in [0.29, 0.717) is 55.2 Å². The fraction of sp³-hybridized carbons (Fsp3) is 0.355. The maximum absolute atomic E-state index is 14.1. The van der Waals surface area contributed by atoms with Crippen LogP contribution in [-0.2, 0) is 28.3 Å². The summed E-state index contributed by atoms with van der Waals surface area (Å²) < 4.78 is 0. The van der Waals surface area contributed by atoms with Gasteiger partial charge < -0.3 is 25.5 Å². The van der Waals surface area contributed by atoms with Gasteiger partial charge in [-0.1, -0.05) is 66.2 Å². The Morgan fingerprint density at radius 2 is 1.57 bits per heavy atom. The van der Waals surface area contributed by atoms with Gasteiger partial charge in [0.15, 0.2) is 5.60 Å². The number of likely N-dealkylation sites (tertiary alicyclic amines) is 1. The quantitative estimate of drug-likeness (QED) is 0.302. The monoisotopic (exact) mass is 563 g/mol. The van der Waals surface area contributed by atoms with Crippen LogP contribution in [0.5, 0.6) is 0 Å². The maximum atomic E-state index is 14.1. The van der Waals surface area contributed by atoms with E-state index in [0.717, 1.165) is 22.3 Å². The van der Waals surface area contributed by atoms with Crippen molar-refractivity contribution in [2.75, 3.05) is 32.8 Å². The van der Waals surface area contributed by atoms with Crippen LogP contribution in [0.15, 0.2) is 66.7 Å². The SMILES string of the molecule is O=C(NCc1cc(Cl)ccc1CN(CCO)CCO)[C@@H]1CCCN1C(=O)C1(O)c2ccccc2-c2ccccc21. The van der Waals surface area contributed by atoms with Crippen molar-refractivity contribution < 1.29 is 24.9 Å². The number of nitrogens with one attached hydrogen (secondary N) is 1. The van der Waals surface area contributed by atoms with Gasteiger partial charge in [0.2, 0.25) is 5.91 Å². The standard InChI is InChI=1S/C31H34ClN3O5/c32-23-12-11-21(20-34(14-16-36)15-17-37)22(18-23)19-33-29(38)28-10-5-13-35(28)30(39)31(40)26-8-3-1-6-24(26)25-7-2-4-9-27(25)31/h1-4,6-9,11-12,18,28,36-37,40H,5,10,13-17,19-20H2,(H,33,38)/t28-/m0/s1. The summed E-state index contributed by atoms with van der Waals surface area (Å²) in [6.45, 7) is 1.80. The summed E-state index contributed by atoms with van der Waals surface area (Å²) in [5, 5.41) is 34.3. The number of hydrogen-bond donors (Lipinski definition) is 4. The summed E-state index contributed by atoms with van der Waals surface area (Å²) in [6.07, 6.45) is 1.16. The van der Waals surface area contributed by atoms with Crippen LogP contribution in [0.25, 0.3) is 11.1 Å². The van der Waals surface area contributed by atoms with Gasteiger partial charge in [-0.2, -0.15) is 0 Å². The van der Waals surface area contributed by atoms with Crippen LogP contribution in [0.3, 0.4) is 0 Å². The van der Waals surface area contributed by atoms with Crippen LogP contribution in [0, 0.1) is 0 Å². The number of fused-ring (bicyclic) bond motifs is 3. The second kappa shape index (κ2) is 12.1. The molecule has 40 heavy (non-hydrogen) atoms. The van der Waals surface area contributed by atoms with E-state index in [-0.39, 0.29) is 25.7 Å². The molecule has 0 unspecified atom stereocenters. The maximum Gasteiger partial charge on any atom is 0.264 e. The highest BCUT2D eigenvalue weighted by molar-refractivity contribution is 6.30. The highest BCUT2D eigenvalue weighted by atomic mass is 35.5. The highest BCUT2D eigenvalue weighted by Crippen LogP contribution is 2.48. The summed E-state index contributed by atoms with van der Waals surface area (Å²) in [4.78, 5) is 31.0. The largest absolute Gasteiger partial charge is 0.395 e. The Bertz CT molecular complexity index is 1350. The number of rotatable bonds is 10. The average molecular weight is 564 g/mol. The third-order valence-corrected chi connectivity index (χ3v) is 8.13. The van der Waals surface area contributed by atoms with Crippen LogP contribution in [0.4, 0.5) is 0 Å². The molecule has 1 fully saturated rings. The number of amides is 2. The van der Waals surface area contributed by atoms with Gasteiger partial charge in [-0.15, -0.1) is 0 Å². The van der Waals surface area contributed by atoms with Crippen LogP contribution < -0.4 is 5.32 Å². The van der Waals surface area contributed by atoms with Gasteiger partial charge >= 0.3 is 0 Å². The average Bonchev–Trinajstić information content (AvgIpc) is 3.56. The van der Waals surface area contributed by atoms with Gasteiger partial charge in [-0.05, 0) is 47.2 Å². The first-order valence-electron chi connectivity index (χ1n) is 13.6. The molecular weight excluding hydrogens is 530 g/mol. The van der Waals surface area contributed by atoms with Gasteiger partial charge in [0.1, 0.15) is 6.04 Å². The molecule has 9 heteroatoms. The van der Waals surface area contributed by atoms with Gasteiger partial charge in [-0.3, -0.25) is 14.5 Å². The minimum absolute atomic E-state index is 0.0352. The second-order valence-electron chi connectivity index (χ2n) is 10.3. The van der Waals surface area contributed by atoms with E-state index in [9.17, 15) is 24.9 Å². The molecule has 3 aromatic rings. The first-order valence-corrected chi connectivity index (χ1v) is 14.0. The van der Waals surface area contributed by atoms with Crippen molar-refractivity contribution in [1.82, 2.24) is 15.1 Å². The van der Waals surface area contributed by atoms with Crippen molar-refractivity contribution in [3.63, 3.8) is 0 Å². The topological polar surface area (TPSA) is 113 Å². The third kappa shape index (κ3) is 5.25. The van der Waals surface area contributed by atoms with E-state index in [1.807, 2.05) is 47.4 Å². The number of halogens is 1. The van der Waals surface area contributed by atoms with E-state index in [2.05, 4.69) is 5.32 Å². The summed E-state index contributed by atoms with van der Waals surface area (Å²) in [6, 6.07) is 19.5. The fourth-order valence-corrected chi connectivity index (χ4v) is 6.13. The molecule has 2 amide bonds. The van der Waals surface area contributed by atoms with Crippen molar-refractivity contribution in [3.8, 4) is 11.1 Å². The molecule has 1 aliphatic carbocycles. The lowest BCUT2D eigenvalue weighted by Crippen LogP contribution is -2.52. The molecular formula is C31H34ClN3O5. The number of hydrogen-bond acceptors (Lipinski definition) is 6. The predicted molar refractivity (Wildman–Crippen MR) is 152 cm³/mol. The molecule has 0 saturated carbocycles. The molecule has 2 aliphatic rings. The van der Waals surface area contributed by atoms with Gasteiger partial charge in [-0.25, -0.2) is 0 Å². The van der Waals surface area contributed by atoms with Crippen LogP contribution in [-0.4, -0.2) is 75.8 Å². The zero-order valence-corrected chi connectivity index (χ0v) is 23.0. The minimum Gasteiger partial charge on any atom is -0.395 e. The Hall–Kier alpha value is -3.27. The van der Waals surface area contributed by atoms with Crippen molar-refractivity contribution in [2.45, 2.75) is 37.6 Å². The molecule has 5 rings (SSSR count). The fourth-order valence-electron chi connectivity index (χ4n) is 5.94. The summed E-state index contributed by atoms with van der Waals surface area (Å²) in [5.74, 6) is -0.780. The van der Waals surface area contributed by atoms with Crippen LogP contribution in [0.1, 0.15) is 35.1 Å². The molecule has 1 atom stereocenters. The van der Waals surface area contributed by atoms with Crippen molar-refractivity contribution in [3.05, 3.63) is 94.0 Å². The molecule has 3 aromatic carbocycles. The Kier molecular flexibility index (Phi) is 8.54. The van der Waals surface area contributed by atoms with E-state index in [4.69, 9.17) is 11.6 Å². The van der Waals surface area contributed by atoms with E-state index >= 15 is 0 Å². The van der Waals surface area contributed by atoms with E-state index < -0.39 is 17.6 Å². The van der Waals surface area contributed by atoms with E-state index in [1.54, 1.807) is 24.3 Å². The van der Waals surface area contributed by atoms with Crippen molar-refractivity contribution in [1.29, 1.82) is 0 Å². The molecule has 8 nitrogen and oxygen atoms in total. The number of nitrogens with zero attached hydrogens (tertiary/aromatic N) is 2. The normalized spacial score (nSPS) is 17.1. The molecule has 0 radical (unpaired) electrons. The highest BCUT2D eigenvalue weighted by Gasteiger charge is 2.52. The molecule has 1 heterocycles. The first kappa shape index (κ1) is 28.3. The minimum atomic E-state index is -1.86. The van der Waals surface area contributed by atoms with Gasteiger partial charge in [0, 0.05) is 48.9 Å². The lowest BCUT2D eigenvalue weighted by molar-refractivity contribution is -0.151. The number of aliphatic hydroxyl groups is 3. The summed E-state index contributed by atoms with van der Waals surface area (Å²) in [5.41, 5.74) is 2.57. The molecule has 4 N–H and O–H groups in total. The second-order valence-corrected chi connectivity index (χ2v) is 10.7. The Balaban J connectivity index is 1.34. The summed E-state index contributed by atoms with van der Waals surface area (Å²) >= 11 is 6.27. The molecule has 0 spiro atoms. The predicted octanol–water partition coefficient (Wildman–Crippen LogP) is 2.65. The third-order valence-electron chi connectivity index (χ3n) is 7.90. The van der Waals surface area contributed by atoms with Crippen molar-refractivity contribution in [2.24, 2.45) is 0 Å². The zero-order chi connectivity index (χ0) is 28.3. The molecule has 0 aromatic heterocycles. The number of aliphatic hydroxyl groups excluding tert-OH is 2. The molecule has 1 saturated heterocycles. The molecule has 1 aliphatic heterocycles. The van der Waals surface area contributed by atoms with Gasteiger partial charge in [0.05, 0.1) is 13.2 Å². The Morgan fingerprint density at radius 1 is 0.950 bits per heavy atom. The zero-order valence-electron chi connectivity index (χ0n) is 22.2. The number of carbonyl (C=O) groups excluding carboxylic acids is 2. The Labute approximate surface area is 238 Å². The van der Waals surface area contributed by atoms with Gasteiger partial charge in [0.25, 0.3) is 5.91 Å². The van der Waals surface area contributed by atoms with Crippen molar-refractivity contribution >= 4 is 23.4 Å². The number of carbonyl (C=O) groups is 2. The summed E-state index contributed by atoms with van der Waals surface area (Å²) in [7, 11) is 0. The lowest BCUT2D eigenvalue weighted by atomic mass is 9.89. The molecule has 210 valence electrons. The smallest absolute Gasteiger partial charge is 0.264 e. The lowest BCUT2D eigenvalue weighted by Gasteiger charge is -2.33.